The molecule has 0 unspecified atom stereocenters. The van der Waals surface area contributed by atoms with E-state index in [-0.39, 0.29) is 31.0 Å². The Morgan fingerprint density at radius 2 is 1.48 bits per heavy atom. The van der Waals surface area contributed by atoms with E-state index >= 15 is 0 Å². The number of nitrogens with one attached hydrogen (secondary N) is 3. The fraction of sp³-hybridized carbons (Fsp3) is 0.489. The second-order valence-corrected chi connectivity index (χ2v) is 19.8. The molecule has 3 aromatic carbocycles. The van der Waals surface area contributed by atoms with Gasteiger partial charge in [0.05, 0.1) is 23.8 Å². The van der Waals surface area contributed by atoms with Gasteiger partial charge in [0.15, 0.2) is 0 Å². The molecule has 0 heterocycles. The van der Waals surface area contributed by atoms with E-state index in [9.17, 15) is 23.7 Å². The summed E-state index contributed by atoms with van der Waals surface area (Å²) >= 11 is 0. The molecule has 0 aromatic heterocycles. The van der Waals surface area contributed by atoms with Gasteiger partial charge in [-0.05, 0) is 101 Å². The Morgan fingerprint density at radius 1 is 0.852 bits per heavy atom. The molecule has 332 valence electrons. The molecule has 0 aliphatic heterocycles. The molecule has 14 heteroatoms. The van der Waals surface area contributed by atoms with E-state index in [0.29, 0.717) is 44.1 Å². The molecular weight excluding hydrogens is 796 g/mol. The minimum atomic E-state index is -3.92. The van der Waals surface area contributed by atoms with Gasteiger partial charge in [0.1, 0.15) is 11.6 Å². The standard InChI is InChI=1S/C47H65N4O9P/c1-9-17-34(28-38-20-16-19-37-18-12-13-21-39(37)38)31-49-43(54)40(30-41(48)52)50-44(55)47(26-14-11-15-27-47)51-42(53)29-35(10-2)36-24-22-33(23-25-36)32-61(56,59-57-45(3,4)5)60-58-46(6,7)8/h9-10,12-13,16,18-25,34-35,40H,1-2,11,14-15,17,26-32H2,3-8H3,(H2,48,52)(H,49,54)(H,50,55)(H,51,53)/t34-,35-,40-/m0/s1. The van der Waals surface area contributed by atoms with Gasteiger partial charge in [-0.15, -0.1) is 22.5 Å². The fourth-order valence-electron chi connectivity index (χ4n) is 7.25. The van der Waals surface area contributed by atoms with Crippen molar-refractivity contribution in [3.63, 3.8) is 0 Å². The van der Waals surface area contributed by atoms with E-state index in [0.717, 1.165) is 28.3 Å². The van der Waals surface area contributed by atoms with Crippen LogP contribution in [-0.2, 0) is 55.4 Å². The lowest BCUT2D eigenvalue weighted by atomic mass is 9.80. The summed E-state index contributed by atoms with van der Waals surface area (Å²) in [7, 11) is -3.92. The van der Waals surface area contributed by atoms with Crippen molar-refractivity contribution in [3.8, 4) is 0 Å². The molecule has 1 saturated carbocycles. The van der Waals surface area contributed by atoms with Crippen LogP contribution in [0.4, 0.5) is 0 Å². The molecule has 1 fully saturated rings. The molecule has 4 amide bonds. The molecule has 1 aliphatic carbocycles. The highest BCUT2D eigenvalue weighted by atomic mass is 31.2. The van der Waals surface area contributed by atoms with Crippen LogP contribution in [0.1, 0.15) is 116 Å². The van der Waals surface area contributed by atoms with E-state index in [1.54, 1.807) is 71.9 Å². The van der Waals surface area contributed by atoms with Gasteiger partial charge in [-0.25, -0.2) is 9.78 Å². The van der Waals surface area contributed by atoms with Crippen LogP contribution < -0.4 is 21.7 Å². The van der Waals surface area contributed by atoms with Crippen molar-refractivity contribution in [1.82, 2.24) is 16.0 Å². The molecule has 0 spiro atoms. The number of primary amides is 1. The minimum absolute atomic E-state index is 0.000916. The molecule has 3 aromatic rings. The van der Waals surface area contributed by atoms with Crippen molar-refractivity contribution >= 4 is 42.0 Å². The number of amides is 4. The maximum absolute atomic E-state index is 14.2. The van der Waals surface area contributed by atoms with Crippen molar-refractivity contribution in [3.05, 3.63) is 109 Å². The van der Waals surface area contributed by atoms with E-state index in [2.05, 4.69) is 53.4 Å². The van der Waals surface area contributed by atoms with Gasteiger partial charge in [-0.1, -0.05) is 98.1 Å². The van der Waals surface area contributed by atoms with Gasteiger partial charge < -0.3 is 21.7 Å². The number of rotatable bonds is 22. The average Bonchev–Trinajstić information content (AvgIpc) is 3.20. The third-order valence-electron chi connectivity index (χ3n) is 10.3. The zero-order valence-corrected chi connectivity index (χ0v) is 37.5. The number of fused-ring (bicyclic) bond motifs is 1. The van der Waals surface area contributed by atoms with Crippen LogP contribution in [0, 0.1) is 5.92 Å². The lowest BCUT2D eigenvalue weighted by molar-refractivity contribution is -0.326. The summed E-state index contributed by atoms with van der Waals surface area (Å²) < 4.78 is 24.3. The van der Waals surface area contributed by atoms with Gasteiger partial charge in [-0.3, -0.25) is 23.7 Å². The largest absolute Gasteiger partial charge is 0.388 e. The second-order valence-electron chi connectivity index (χ2n) is 18.0. The van der Waals surface area contributed by atoms with Crippen LogP contribution in [0.3, 0.4) is 0 Å². The SMILES string of the molecule is C=CC[C@H](CNC(=O)[C@H](CC(N)=O)NC(=O)C1(NC(=O)C[C@H](C=C)c2ccc(CP(=O)(OOC(C)(C)C)OOC(C)(C)C)cc2)CCCCC1)Cc1cccc2ccccc12. The number of nitrogens with two attached hydrogens (primary N) is 1. The summed E-state index contributed by atoms with van der Waals surface area (Å²) in [6.07, 6.45) is 7.17. The summed E-state index contributed by atoms with van der Waals surface area (Å²) in [5.74, 6) is -2.64. The number of carbonyl (C=O) groups excluding carboxylic acids is 4. The Bertz CT molecular complexity index is 2010. The van der Waals surface area contributed by atoms with Crippen molar-refractivity contribution in [2.75, 3.05) is 6.54 Å². The molecule has 5 N–H and O–H groups in total. The summed E-state index contributed by atoms with van der Waals surface area (Å²) in [4.78, 5) is 64.6. The van der Waals surface area contributed by atoms with Crippen LogP contribution in [0.25, 0.3) is 10.8 Å². The summed E-state index contributed by atoms with van der Waals surface area (Å²) in [6, 6.07) is 20.1. The number of allylic oxidation sites excluding steroid dienone is 2. The van der Waals surface area contributed by atoms with Gasteiger partial charge in [0.25, 0.3) is 0 Å². The predicted molar refractivity (Wildman–Crippen MR) is 238 cm³/mol. The number of hydrogen-bond donors (Lipinski definition) is 4. The number of benzene rings is 3. The zero-order chi connectivity index (χ0) is 44.8. The normalized spacial score (nSPS) is 15.8. The monoisotopic (exact) mass is 860 g/mol. The Hall–Kier alpha value is -4.65. The first-order valence-corrected chi connectivity index (χ1v) is 22.8. The Kier molecular flexibility index (Phi) is 17.6. The van der Waals surface area contributed by atoms with Gasteiger partial charge >= 0.3 is 7.60 Å². The van der Waals surface area contributed by atoms with E-state index < -0.39 is 60.4 Å². The van der Waals surface area contributed by atoms with Gasteiger partial charge in [0.2, 0.25) is 23.6 Å². The highest BCUT2D eigenvalue weighted by molar-refractivity contribution is 7.52. The van der Waals surface area contributed by atoms with Crippen molar-refractivity contribution < 1.29 is 42.9 Å². The highest BCUT2D eigenvalue weighted by Crippen LogP contribution is 2.53. The molecular formula is C47H65N4O9P. The van der Waals surface area contributed by atoms with Gasteiger partial charge in [-0.2, -0.15) is 0 Å². The molecule has 0 saturated heterocycles. The van der Waals surface area contributed by atoms with Crippen LogP contribution in [0.5, 0.6) is 0 Å². The first kappa shape index (κ1) is 49.0. The Labute approximate surface area is 361 Å². The summed E-state index contributed by atoms with van der Waals surface area (Å²) in [5, 5.41) is 11.0. The number of hydrogen-bond acceptors (Lipinski definition) is 9. The lowest BCUT2D eigenvalue weighted by Crippen LogP contribution is -2.63. The fourth-order valence-corrected chi connectivity index (χ4v) is 8.71. The second kappa shape index (κ2) is 21.9. The van der Waals surface area contributed by atoms with Crippen LogP contribution in [0.2, 0.25) is 0 Å². The van der Waals surface area contributed by atoms with Crippen LogP contribution in [-0.4, -0.2) is 53.0 Å². The van der Waals surface area contributed by atoms with E-state index in [1.165, 1.54) is 0 Å². The van der Waals surface area contributed by atoms with E-state index in [4.69, 9.17) is 24.9 Å². The van der Waals surface area contributed by atoms with E-state index in [1.807, 2.05) is 24.3 Å². The molecule has 0 bridgehead atoms. The first-order valence-electron chi connectivity index (χ1n) is 21.0. The summed E-state index contributed by atoms with van der Waals surface area (Å²) in [5.41, 5.74) is 5.29. The molecule has 4 rings (SSSR count). The zero-order valence-electron chi connectivity index (χ0n) is 36.6. The molecule has 61 heavy (non-hydrogen) atoms. The maximum atomic E-state index is 14.2. The quantitative estimate of drug-likeness (QED) is 0.0333. The topological polar surface area (TPSA) is 184 Å². The third kappa shape index (κ3) is 15.6. The van der Waals surface area contributed by atoms with Crippen molar-refractivity contribution in [1.29, 1.82) is 0 Å². The molecule has 3 atom stereocenters. The average molecular weight is 861 g/mol. The Balaban J connectivity index is 1.43. The lowest BCUT2D eigenvalue weighted by Gasteiger charge is -2.38. The highest BCUT2D eigenvalue weighted by Gasteiger charge is 2.43. The molecule has 1 aliphatic rings. The van der Waals surface area contributed by atoms with Gasteiger partial charge in [0, 0.05) is 18.9 Å². The van der Waals surface area contributed by atoms with Crippen molar-refractivity contribution in [2.24, 2.45) is 11.7 Å². The number of carbonyl (C=O) groups is 4. The van der Waals surface area contributed by atoms with Crippen molar-refractivity contribution in [2.45, 2.75) is 134 Å². The smallest absolute Gasteiger partial charge is 0.370 e. The summed E-state index contributed by atoms with van der Waals surface area (Å²) in [6.45, 7) is 18.7. The molecule has 0 radical (unpaired) electrons. The maximum Gasteiger partial charge on any atom is 0.388 e. The van der Waals surface area contributed by atoms with Crippen LogP contribution >= 0.6 is 7.60 Å². The predicted octanol–water partition coefficient (Wildman–Crippen LogP) is 8.42. The molecule has 13 nitrogen and oxygen atoms in total. The van der Waals surface area contributed by atoms with Crippen LogP contribution in [0.15, 0.2) is 92.0 Å². The minimum Gasteiger partial charge on any atom is -0.370 e. The first-order chi connectivity index (χ1) is 28.7. The third-order valence-corrected chi connectivity index (χ3v) is 11.6. The Morgan fingerprint density at radius 3 is 2.07 bits per heavy atom.